The third-order valence-corrected chi connectivity index (χ3v) is 2.07. The van der Waals surface area contributed by atoms with Gasteiger partial charge in [-0.05, 0) is 12.8 Å². The van der Waals surface area contributed by atoms with Crippen LogP contribution in [0.15, 0.2) is 12.4 Å². The van der Waals surface area contributed by atoms with Crippen molar-refractivity contribution in [2.75, 3.05) is 18.0 Å². The second-order valence-electron chi connectivity index (χ2n) is 3.19. The minimum Gasteiger partial charge on any atom is -0.341 e. The van der Waals surface area contributed by atoms with Crippen molar-refractivity contribution < 1.29 is 0 Å². The van der Waals surface area contributed by atoms with Crippen LogP contribution in [0.5, 0.6) is 0 Å². The highest BCUT2D eigenvalue weighted by Crippen LogP contribution is 2.10. The molecule has 3 nitrogen and oxygen atoms in total. The van der Waals surface area contributed by atoms with Gasteiger partial charge in [0, 0.05) is 13.1 Å². The predicted octanol–water partition coefficient (Wildman–Crippen LogP) is 2.76. The van der Waals surface area contributed by atoms with Gasteiger partial charge in [-0.15, -0.1) is 0 Å². The van der Waals surface area contributed by atoms with Crippen molar-refractivity contribution in [2.45, 2.75) is 26.7 Å². The smallest absolute Gasteiger partial charge is 0.225 e. The predicted molar refractivity (Wildman–Crippen MR) is 59.8 cm³/mol. The van der Waals surface area contributed by atoms with Crippen molar-refractivity contribution in [1.82, 2.24) is 9.97 Å². The monoisotopic (exact) mass is 213 g/mol. The van der Waals surface area contributed by atoms with E-state index in [-0.39, 0.29) is 0 Å². The highest BCUT2D eigenvalue weighted by atomic mass is 35.5. The molecule has 0 atom stereocenters. The minimum atomic E-state index is 0.585. The van der Waals surface area contributed by atoms with Gasteiger partial charge in [0.25, 0.3) is 0 Å². The zero-order chi connectivity index (χ0) is 10.4. The van der Waals surface area contributed by atoms with E-state index in [1.807, 2.05) is 0 Å². The highest BCUT2D eigenvalue weighted by molar-refractivity contribution is 6.30. The number of halogens is 1. The third kappa shape index (κ3) is 3.14. The molecule has 78 valence electrons. The Morgan fingerprint density at radius 2 is 1.64 bits per heavy atom. The summed E-state index contributed by atoms with van der Waals surface area (Å²) in [6, 6.07) is 0. The average molecular weight is 214 g/mol. The van der Waals surface area contributed by atoms with Crippen LogP contribution in [0, 0.1) is 0 Å². The Balaban J connectivity index is 2.71. The van der Waals surface area contributed by atoms with Crippen LogP contribution in [0.4, 0.5) is 5.95 Å². The van der Waals surface area contributed by atoms with Crippen LogP contribution in [0.2, 0.25) is 5.02 Å². The molecule has 0 spiro atoms. The maximum atomic E-state index is 5.73. The lowest BCUT2D eigenvalue weighted by Crippen LogP contribution is -2.26. The van der Waals surface area contributed by atoms with E-state index in [2.05, 4.69) is 28.7 Å². The van der Waals surface area contributed by atoms with Crippen molar-refractivity contribution in [1.29, 1.82) is 0 Å². The van der Waals surface area contributed by atoms with E-state index in [4.69, 9.17) is 11.6 Å². The van der Waals surface area contributed by atoms with E-state index >= 15 is 0 Å². The summed E-state index contributed by atoms with van der Waals surface area (Å²) in [5.74, 6) is 0.776. The Labute approximate surface area is 90.1 Å². The van der Waals surface area contributed by atoms with E-state index < -0.39 is 0 Å². The number of aromatic nitrogens is 2. The molecule has 4 heteroatoms. The first kappa shape index (κ1) is 11.2. The quantitative estimate of drug-likeness (QED) is 0.753. The fraction of sp³-hybridized carbons (Fsp3) is 0.600. The molecule has 0 aliphatic heterocycles. The zero-order valence-electron chi connectivity index (χ0n) is 8.70. The van der Waals surface area contributed by atoms with E-state index in [9.17, 15) is 0 Å². The summed E-state index contributed by atoms with van der Waals surface area (Å²) < 4.78 is 0. The van der Waals surface area contributed by atoms with E-state index in [0.29, 0.717) is 5.02 Å². The first-order valence-corrected chi connectivity index (χ1v) is 5.38. The van der Waals surface area contributed by atoms with Crippen molar-refractivity contribution in [3.63, 3.8) is 0 Å². The van der Waals surface area contributed by atoms with Gasteiger partial charge in [0.2, 0.25) is 5.95 Å². The van der Waals surface area contributed by atoms with Gasteiger partial charge in [-0.3, -0.25) is 0 Å². The van der Waals surface area contributed by atoms with Gasteiger partial charge >= 0.3 is 0 Å². The molecule has 1 aromatic rings. The molecule has 0 fully saturated rings. The van der Waals surface area contributed by atoms with Crippen molar-refractivity contribution in [3.05, 3.63) is 17.4 Å². The molecular formula is C10H16ClN3. The van der Waals surface area contributed by atoms with Gasteiger partial charge in [-0.1, -0.05) is 25.4 Å². The second kappa shape index (κ2) is 5.81. The number of rotatable bonds is 5. The standard InChI is InChI=1S/C10H16ClN3/c1-3-5-14(6-4-2)10-12-7-9(11)8-13-10/h7-8H,3-6H2,1-2H3. The topological polar surface area (TPSA) is 29.0 Å². The molecule has 0 radical (unpaired) electrons. The summed E-state index contributed by atoms with van der Waals surface area (Å²) in [7, 11) is 0. The van der Waals surface area contributed by atoms with Crippen molar-refractivity contribution >= 4 is 17.5 Å². The maximum Gasteiger partial charge on any atom is 0.225 e. The Morgan fingerprint density at radius 3 is 2.07 bits per heavy atom. The second-order valence-corrected chi connectivity index (χ2v) is 3.62. The largest absolute Gasteiger partial charge is 0.341 e. The Hall–Kier alpha value is -0.830. The summed E-state index contributed by atoms with van der Waals surface area (Å²) >= 11 is 5.73. The number of hydrogen-bond acceptors (Lipinski definition) is 3. The molecule has 0 saturated carbocycles. The lowest BCUT2D eigenvalue weighted by Gasteiger charge is -2.20. The van der Waals surface area contributed by atoms with Gasteiger partial charge in [-0.25, -0.2) is 9.97 Å². The van der Waals surface area contributed by atoms with Gasteiger partial charge < -0.3 is 4.90 Å². The molecule has 0 amide bonds. The van der Waals surface area contributed by atoms with Crippen LogP contribution in [0.3, 0.4) is 0 Å². The zero-order valence-corrected chi connectivity index (χ0v) is 9.46. The minimum absolute atomic E-state index is 0.585. The lowest BCUT2D eigenvalue weighted by atomic mass is 10.4. The number of nitrogens with zero attached hydrogens (tertiary/aromatic N) is 3. The average Bonchev–Trinajstić information content (AvgIpc) is 2.19. The first-order chi connectivity index (χ1) is 6.77. The normalized spacial score (nSPS) is 10.2. The summed E-state index contributed by atoms with van der Waals surface area (Å²) in [6.07, 6.45) is 5.49. The Bertz CT molecular complexity index is 255. The Kier molecular flexibility index (Phi) is 4.66. The SMILES string of the molecule is CCCN(CCC)c1ncc(Cl)cn1. The molecule has 0 N–H and O–H groups in total. The van der Waals surface area contributed by atoms with Crippen LogP contribution in [-0.4, -0.2) is 23.1 Å². The molecule has 0 aliphatic rings. The lowest BCUT2D eigenvalue weighted by molar-refractivity contribution is 0.721. The molecule has 1 rings (SSSR count). The molecule has 0 saturated heterocycles. The molecule has 0 aromatic carbocycles. The first-order valence-electron chi connectivity index (χ1n) is 5.00. The van der Waals surface area contributed by atoms with E-state index in [1.165, 1.54) is 0 Å². The molecule has 1 heterocycles. The van der Waals surface area contributed by atoms with Crippen molar-refractivity contribution in [2.24, 2.45) is 0 Å². The van der Waals surface area contributed by atoms with E-state index in [0.717, 1.165) is 31.9 Å². The van der Waals surface area contributed by atoms with Gasteiger partial charge in [0.15, 0.2) is 0 Å². The van der Waals surface area contributed by atoms with Gasteiger partial charge in [0.1, 0.15) is 0 Å². The molecule has 1 aromatic heterocycles. The summed E-state index contributed by atoms with van der Waals surface area (Å²) in [5.41, 5.74) is 0. The molecule has 0 unspecified atom stereocenters. The van der Waals surface area contributed by atoms with Gasteiger partial charge in [0.05, 0.1) is 17.4 Å². The maximum absolute atomic E-state index is 5.73. The van der Waals surface area contributed by atoms with Crippen LogP contribution in [0.25, 0.3) is 0 Å². The van der Waals surface area contributed by atoms with Crippen LogP contribution in [-0.2, 0) is 0 Å². The fourth-order valence-electron chi connectivity index (χ4n) is 1.32. The van der Waals surface area contributed by atoms with Crippen LogP contribution < -0.4 is 4.90 Å². The van der Waals surface area contributed by atoms with E-state index in [1.54, 1.807) is 12.4 Å². The number of anilines is 1. The summed E-state index contributed by atoms with van der Waals surface area (Å²) in [4.78, 5) is 10.6. The van der Waals surface area contributed by atoms with Crippen LogP contribution in [0.1, 0.15) is 26.7 Å². The highest BCUT2D eigenvalue weighted by Gasteiger charge is 2.06. The Morgan fingerprint density at radius 1 is 1.14 bits per heavy atom. The molecule has 14 heavy (non-hydrogen) atoms. The summed E-state index contributed by atoms with van der Waals surface area (Å²) in [6.45, 7) is 6.29. The molecular weight excluding hydrogens is 198 g/mol. The summed E-state index contributed by atoms with van der Waals surface area (Å²) in [5, 5.41) is 0.585. The molecule has 0 aliphatic carbocycles. The fourth-order valence-corrected chi connectivity index (χ4v) is 1.42. The van der Waals surface area contributed by atoms with Gasteiger partial charge in [-0.2, -0.15) is 0 Å². The molecule has 0 bridgehead atoms. The third-order valence-electron chi connectivity index (χ3n) is 1.88. The van der Waals surface area contributed by atoms with Crippen molar-refractivity contribution in [3.8, 4) is 0 Å². The van der Waals surface area contributed by atoms with Crippen LogP contribution >= 0.6 is 11.6 Å². The number of hydrogen-bond donors (Lipinski definition) is 0.